The van der Waals surface area contributed by atoms with Crippen molar-refractivity contribution in [3.63, 3.8) is 0 Å². The van der Waals surface area contributed by atoms with E-state index in [-0.39, 0.29) is 6.04 Å². The van der Waals surface area contributed by atoms with Gasteiger partial charge >= 0.3 is 0 Å². The number of rotatable bonds is 4. The van der Waals surface area contributed by atoms with Gasteiger partial charge in [0.05, 0.1) is 13.2 Å². The Labute approximate surface area is 107 Å². The van der Waals surface area contributed by atoms with E-state index in [0.717, 1.165) is 22.6 Å². The summed E-state index contributed by atoms with van der Waals surface area (Å²) >= 11 is 0. The third-order valence-electron chi connectivity index (χ3n) is 2.94. The number of nitrogens with zero attached hydrogens (tertiary/aromatic N) is 1. The van der Waals surface area contributed by atoms with Crippen LogP contribution in [0.25, 0.3) is 0 Å². The molecule has 0 amide bonds. The Morgan fingerprint density at radius 1 is 1.22 bits per heavy atom. The van der Waals surface area contributed by atoms with Crippen LogP contribution >= 0.6 is 0 Å². The monoisotopic (exact) mass is 243 g/mol. The predicted molar refractivity (Wildman–Crippen MR) is 72.5 cm³/mol. The molecule has 1 aromatic heterocycles. The number of pyridine rings is 1. The molecule has 0 aliphatic heterocycles. The van der Waals surface area contributed by atoms with E-state index in [2.05, 4.69) is 10.3 Å². The van der Waals surface area contributed by atoms with Crippen LogP contribution in [0.1, 0.15) is 17.2 Å². The Bertz CT molecular complexity index is 528. The Morgan fingerprint density at radius 2 is 2.00 bits per heavy atom. The van der Waals surface area contributed by atoms with Crippen LogP contribution in [-0.2, 0) is 0 Å². The average molecular weight is 243 g/mol. The minimum absolute atomic E-state index is 0.0325. The predicted octanol–water partition coefficient (Wildman–Crippen LogP) is 1.98. The first kappa shape index (κ1) is 12.4. The smallest absolute Gasteiger partial charge is 0.123 e. The molecule has 0 fully saturated rings. The highest BCUT2D eigenvalue weighted by atomic mass is 16.5. The number of nitrogens with one attached hydrogen (secondary N) is 1. The summed E-state index contributed by atoms with van der Waals surface area (Å²) in [5.41, 5.74) is 8.72. The molecule has 2 rings (SSSR count). The van der Waals surface area contributed by atoms with Crippen molar-refractivity contribution in [1.82, 2.24) is 10.3 Å². The normalized spacial score (nSPS) is 12.1. The van der Waals surface area contributed by atoms with Crippen LogP contribution in [0.3, 0.4) is 0 Å². The first-order valence-corrected chi connectivity index (χ1v) is 5.77. The van der Waals surface area contributed by atoms with Gasteiger partial charge in [-0.1, -0.05) is 18.2 Å². The van der Waals surface area contributed by atoms with E-state index in [1.54, 1.807) is 25.6 Å². The Hall–Kier alpha value is -2.07. The fraction of sp³-hybridized carbons (Fsp3) is 0.214. The van der Waals surface area contributed by atoms with Gasteiger partial charge in [0, 0.05) is 29.2 Å². The maximum absolute atomic E-state index is 6.01. The molecule has 0 saturated heterocycles. The van der Waals surface area contributed by atoms with Crippen molar-refractivity contribution in [2.24, 2.45) is 0 Å². The lowest BCUT2D eigenvalue weighted by molar-refractivity contribution is 0.405. The Balaban J connectivity index is 2.49. The van der Waals surface area contributed by atoms with Gasteiger partial charge in [0.15, 0.2) is 0 Å². The highest BCUT2D eigenvalue weighted by Gasteiger charge is 2.18. The quantitative estimate of drug-likeness (QED) is 0.862. The summed E-state index contributed by atoms with van der Waals surface area (Å²) in [5, 5.41) is 3.25. The molecule has 0 spiro atoms. The largest absolute Gasteiger partial charge is 0.496 e. The van der Waals surface area contributed by atoms with Crippen LogP contribution in [0.5, 0.6) is 5.75 Å². The molecule has 4 heteroatoms. The number of nitrogen functional groups attached to an aromatic ring is 1. The molecule has 4 nitrogen and oxygen atoms in total. The standard InChI is InChI=1S/C14H17N3O/c1-16-14(11-9-17-8-7-12(11)15)10-5-3-4-6-13(10)18-2/h3-9,14,16H,1-2H3,(H2,15,17). The molecule has 1 atom stereocenters. The maximum Gasteiger partial charge on any atom is 0.123 e. The van der Waals surface area contributed by atoms with Crippen molar-refractivity contribution < 1.29 is 4.74 Å². The molecule has 2 aromatic rings. The van der Waals surface area contributed by atoms with E-state index in [9.17, 15) is 0 Å². The number of anilines is 1. The topological polar surface area (TPSA) is 60.2 Å². The molecule has 3 N–H and O–H groups in total. The highest BCUT2D eigenvalue weighted by Crippen LogP contribution is 2.31. The fourth-order valence-electron chi connectivity index (χ4n) is 2.04. The van der Waals surface area contributed by atoms with Crippen molar-refractivity contribution in [2.75, 3.05) is 19.9 Å². The molecular formula is C14H17N3O. The Kier molecular flexibility index (Phi) is 3.79. The van der Waals surface area contributed by atoms with Crippen LogP contribution in [0.2, 0.25) is 0 Å². The van der Waals surface area contributed by atoms with Gasteiger partial charge in [-0.25, -0.2) is 0 Å². The minimum atomic E-state index is -0.0325. The zero-order valence-corrected chi connectivity index (χ0v) is 10.6. The van der Waals surface area contributed by atoms with Crippen LogP contribution in [0.15, 0.2) is 42.7 Å². The molecule has 0 aliphatic carbocycles. The van der Waals surface area contributed by atoms with Gasteiger partial charge in [0.2, 0.25) is 0 Å². The number of aromatic nitrogens is 1. The lowest BCUT2D eigenvalue weighted by atomic mass is 9.98. The van der Waals surface area contributed by atoms with Gasteiger partial charge in [-0.3, -0.25) is 4.98 Å². The number of hydrogen-bond donors (Lipinski definition) is 2. The second kappa shape index (κ2) is 5.51. The number of methoxy groups -OCH3 is 1. The van der Waals surface area contributed by atoms with Crippen molar-refractivity contribution in [3.05, 3.63) is 53.9 Å². The van der Waals surface area contributed by atoms with Crippen molar-refractivity contribution in [1.29, 1.82) is 0 Å². The lowest BCUT2D eigenvalue weighted by Crippen LogP contribution is -2.19. The molecule has 1 unspecified atom stereocenters. The summed E-state index contributed by atoms with van der Waals surface area (Å²) in [4.78, 5) is 4.13. The summed E-state index contributed by atoms with van der Waals surface area (Å²) in [7, 11) is 3.56. The number of hydrogen-bond acceptors (Lipinski definition) is 4. The third kappa shape index (κ3) is 2.28. The molecule has 0 saturated carbocycles. The second-order valence-corrected chi connectivity index (χ2v) is 3.97. The first-order valence-electron chi connectivity index (χ1n) is 5.77. The maximum atomic E-state index is 6.01. The number of benzene rings is 1. The molecule has 1 aromatic carbocycles. The van der Waals surface area contributed by atoms with Crippen LogP contribution < -0.4 is 15.8 Å². The molecule has 94 valence electrons. The van der Waals surface area contributed by atoms with E-state index in [1.807, 2.05) is 31.3 Å². The van der Waals surface area contributed by atoms with Crippen molar-refractivity contribution >= 4 is 5.69 Å². The van der Waals surface area contributed by atoms with Gasteiger partial charge in [-0.05, 0) is 19.2 Å². The fourth-order valence-corrected chi connectivity index (χ4v) is 2.04. The van der Waals surface area contributed by atoms with E-state index < -0.39 is 0 Å². The summed E-state index contributed by atoms with van der Waals surface area (Å²) in [6.07, 6.45) is 3.47. The summed E-state index contributed by atoms with van der Waals surface area (Å²) in [6, 6.07) is 9.65. The molecule has 18 heavy (non-hydrogen) atoms. The van der Waals surface area contributed by atoms with E-state index in [0.29, 0.717) is 0 Å². The van der Waals surface area contributed by atoms with Crippen molar-refractivity contribution in [2.45, 2.75) is 6.04 Å². The SMILES string of the molecule is CNC(c1cnccc1N)c1ccccc1OC. The molecule has 0 aliphatic rings. The van der Waals surface area contributed by atoms with Gasteiger partial charge in [0.1, 0.15) is 5.75 Å². The third-order valence-corrected chi connectivity index (χ3v) is 2.94. The van der Waals surface area contributed by atoms with Gasteiger partial charge in [-0.15, -0.1) is 0 Å². The zero-order valence-electron chi connectivity index (χ0n) is 10.6. The molecular weight excluding hydrogens is 226 g/mol. The zero-order chi connectivity index (χ0) is 13.0. The number of nitrogens with two attached hydrogens (primary N) is 1. The summed E-state index contributed by atoms with van der Waals surface area (Å²) < 4.78 is 5.39. The lowest BCUT2D eigenvalue weighted by Gasteiger charge is -2.20. The van der Waals surface area contributed by atoms with E-state index in [4.69, 9.17) is 10.5 Å². The first-order chi connectivity index (χ1) is 8.77. The van der Waals surface area contributed by atoms with Crippen LogP contribution in [0, 0.1) is 0 Å². The summed E-state index contributed by atoms with van der Waals surface area (Å²) in [5.74, 6) is 0.833. The molecule has 0 radical (unpaired) electrons. The number of ether oxygens (including phenoxy) is 1. The van der Waals surface area contributed by atoms with Crippen LogP contribution in [0.4, 0.5) is 5.69 Å². The van der Waals surface area contributed by atoms with Crippen molar-refractivity contribution in [3.8, 4) is 5.75 Å². The summed E-state index contributed by atoms with van der Waals surface area (Å²) in [6.45, 7) is 0. The van der Waals surface area contributed by atoms with Crippen LogP contribution in [-0.4, -0.2) is 19.1 Å². The van der Waals surface area contributed by atoms with E-state index in [1.165, 1.54) is 0 Å². The van der Waals surface area contributed by atoms with Gasteiger partial charge in [0.25, 0.3) is 0 Å². The highest BCUT2D eigenvalue weighted by molar-refractivity contribution is 5.52. The second-order valence-electron chi connectivity index (χ2n) is 3.97. The van der Waals surface area contributed by atoms with Gasteiger partial charge < -0.3 is 15.8 Å². The van der Waals surface area contributed by atoms with Gasteiger partial charge in [-0.2, -0.15) is 0 Å². The number of para-hydroxylation sites is 1. The molecule has 0 bridgehead atoms. The van der Waals surface area contributed by atoms with E-state index >= 15 is 0 Å². The molecule has 1 heterocycles. The average Bonchev–Trinajstić information content (AvgIpc) is 2.42. The minimum Gasteiger partial charge on any atom is -0.496 e. The Morgan fingerprint density at radius 3 is 2.67 bits per heavy atom.